The van der Waals surface area contributed by atoms with E-state index in [4.69, 9.17) is 5.11 Å². The molecule has 0 atom stereocenters. The van der Waals surface area contributed by atoms with Crippen LogP contribution in [0.4, 0.5) is 5.69 Å². The second-order valence-electron chi connectivity index (χ2n) is 3.45. The molecule has 0 amide bonds. The summed E-state index contributed by atoms with van der Waals surface area (Å²) in [5.74, 6) is 0. The summed E-state index contributed by atoms with van der Waals surface area (Å²) in [6.45, 7) is 1.65. The van der Waals surface area contributed by atoms with Gasteiger partial charge in [0.1, 0.15) is 0 Å². The highest BCUT2D eigenvalue weighted by atomic mass is 79.9. The molecule has 0 radical (unpaired) electrons. The van der Waals surface area contributed by atoms with Crippen LogP contribution in [0.25, 0.3) is 0 Å². The number of nitrogens with one attached hydrogen (secondary N) is 1. The first-order valence-corrected chi connectivity index (χ1v) is 5.73. The zero-order chi connectivity index (χ0) is 11.3. The largest absolute Gasteiger partial charge is 0.395 e. The van der Waals surface area contributed by atoms with Crippen molar-refractivity contribution in [3.63, 3.8) is 0 Å². The lowest BCUT2D eigenvalue weighted by atomic mass is 10.1. The molecule has 84 valence electrons. The third-order valence-electron chi connectivity index (χ3n) is 2.26. The first-order chi connectivity index (χ1) is 7.19. The van der Waals surface area contributed by atoms with Crippen LogP contribution in [-0.2, 0) is 6.54 Å². The van der Waals surface area contributed by atoms with Crippen LogP contribution in [0.5, 0.6) is 0 Å². The van der Waals surface area contributed by atoms with Gasteiger partial charge in [-0.1, -0.05) is 22.0 Å². The summed E-state index contributed by atoms with van der Waals surface area (Å²) >= 11 is 3.46. The summed E-state index contributed by atoms with van der Waals surface area (Å²) in [4.78, 5) is 2.05. The van der Waals surface area contributed by atoms with Gasteiger partial charge < -0.3 is 15.3 Å². The molecule has 0 fully saturated rings. The van der Waals surface area contributed by atoms with E-state index in [-0.39, 0.29) is 6.61 Å². The van der Waals surface area contributed by atoms with Gasteiger partial charge in [-0.3, -0.25) is 0 Å². The highest BCUT2D eigenvalue weighted by molar-refractivity contribution is 9.10. The summed E-state index contributed by atoms with van der Waals surface area (Å²) in [7, 11) is 3.91. The number of anilines is 1. The fourth-order valence-corrected chi connectivity index (χ4v) is 1.85. The van der Waals surface area contributed by atoms with Crippen molar-refractivity contribution in [1.82, 2.24) is 5.32 Å². The highest BCUT2D eigenvalue weighted by Crippen LogP contribution is 2.24. The van der Waals surface area contributed by atoms with Crippen LogP contribution in [0, 0.1) is 0 Å². The molecule has 0 heterocycles. The van der Waals surface area contributed by atoms with Crippen molar-refractivity contribution in [2.24, 2.45) is 0 Å². The van der Waals surface area contributed by atoms with Gasteiger partial charge in [0.2, 0.25) is 0 Å². The first-order valence-electron chi connectivity index (χ1n) is 4.94. The van der Waals surface area contributed by atoms with Crippen molar-refractivity contribution in [1.29, 1.82) is 0 Å². The maximum Gasteiger partial charge on any atom is 0.0606 e. The van der Waals surface area contributed by atoms with Crippen LogP contribution in [0.15, 0.2) is 22.7 Å². The minimum absolute atomic E-state index is 0.169. The first kappa shape index (κ1) is 12.5. The number of likely N-dealkylation sites (N-methyl/N-ethyl adjacent to an activating group) is 1. The predicted octanol–water partition coefficient (Wildman–Crippen LogP) is 1.60. The van der Waals surface area contributed by atoms with Crippen LogP contribution in [-0.4, -0.2) is 32.4 Å². The molecule has 0 spiro atoms. The number of hydrogen-bond acceptors (Lipinski definition) is 3. The van der Waals surface area contributed by atoms with Crippen molar-refractivity contribution in [2.45, 2.75) is 6.54 Å². The van der Waals surface area contributed by atoms with Gasteiger partial charge in [-0.25, -0.2) is 0 Å². The SMILES string of the molecule is CNCc1ccc(Br)cc1N(C)CCO. The van der Waals surface area contributed by atoms with E-state index in [1.807, 2.05) is 20.2 Å². The Labute approximate surface area is 99.2 Å². The Bertz CT molecular complexity index is 317. The van der Waals surface area contributed by atoms with E-state index in [2.05, 4.69) is 38.3 Å². The predicted molar refractivity (Wildman–Crippen MR) is 67.3 cm³/mol. The summed E-state index contributed by atoms with van der Waals surface area (Å²) in [5, 5.41) is 12.1. The molecule has 1 rings (SSSR count). The Morgan fingerprint density at radius 2 is 2.20 bits per heavy atom. The van der Waals surface area contributed by atoms with Crippen molar-refractivity contribution >= 4 is 21.6 Å². The molecule has 4 heteroatoms. The van der Waals surface area contributed by atoms with Crippen molar-refractivity contribution in [3.8, 4) is 0 Å². The molecule has 0 saturated heterocycles. The Morgan fingerprint density at radius 3 is 2.80 bits per heavy atom. The van der Waals surface area contributed by atoms with E-state index in [0.29, 0.717) is 6.54 Å². The lowest BCUT2D eigenvalue weighted by molar-refractivity contribution is 0.304. The number of rotatable bonds is 5. The summed E-state index contributed by atoms with van der Waals surface area (Å²) in [6.07, 6.45) is 0. The second kappa shape index (κ2) is 6.10. The number of aliphatic hydroxyl groups is 1. The zero-order valence-corrected chi connectivity index (χ0v) is 10.7. The van der Waals surface area contributed by atoms with Crippen LogP contribution < -0.4 is 10.2 Å². The quantitative estimate of drug-likeness (QED) is 0.855. The fraction of sp³-hybridized carbons (Fsp3) is 0.455. The van der Waals surface area contributed by atoms with Crippen LogP contribution in [0.2, 0.25) is 0 Å². The number of benzene rings is 1. The van der Waals surface area contributed by atoms with Gasteiger partial charge >= 0.3 is 0 Å². The van der Waals surface area contributed by atoms with E-state index in [0.717, 1.165) is 16.7 Å². The molecule has 0 aliphatic carbocycles. The molecule has 3 nitrogen and oxygen atoms in total. The maximum atomic E-state index is 8.92. The highest BCUT2D eigenvalue weighted by Gasteiger charge is 2.06. The van der Waals surface area contributed by atoms with Gasteiger partial charge in [0, 0.05) is 30.3 Å². The van der Waals surface area contributed by atoms with Gasteiger partial charge in [0.25, 0.3) is 0 Å². The molecule has 1 aromatic carbocycles. The molecule has 0 bridgehead atoms. The molecular formula is C11H17BrN2O. The van der Waals surface area contributed by atoms with Crippen molar-refractivity contribution in [3.05, 3.63) is 28.2 Å². The standard InChI is InChI=1S/C11H17BrN2O/c1-13-8-9-3-4-10(12)7-11(9)14(2)5-6-15/h3-4,7,13,15H,5-6,8H2,1-2H3. The molecular weight excluding hydrogens is 256 g/mol. The Morgan fingerprint density at radius 1 is 1.47 bits per heavy atom. The Kier molecular flexibility index (Phi) is 5.08. The van der Waals surface area contributed by atoms with Crippen LogP contribution in [0.3, 0.4) is 0 Å². The number of nitrogens with zero attached hydrogens (tertiary/aromatic N) is 1. The molecule has 0 saturated carbocycles. The molecule has 0 aromatic heterocycles. The number of aliphatic hydroxyl groups excluding tert-OH is 1. The third-order valence-corrected chi connectivity index (χ3v) is 2.75. The number of hydrogen-bond donors (Lipinski definition) is 2. The van der Waals surface area contributed by atoms with E-state index in [1.54, 1.807) is 0 Å². The zero-order valence-electron chi connectivity index (χ0n) is 9.13. The Balaban J connectivity index is 2.95. The minimum Gasteiger partial charge on any atom is -0.395 e. The van der Waals surface area contributed by atoms with Crippen molar-refractivity contribution < 1.29 is 5.11 Å². The number of halogens is 1. The molecule has 0 aliphatic rings. The summed E-state index contributed by atoms with van der Waals surface area (Å²) in [5.41, 5.74) is 2.38. The van der Waals surface area contributed by atoms with E-state index in [1.165, 1.54) is 5.56 Å². The van der Waals surface area contributed by atoms with E-state index >= 15 is 0 Å². The minimum atomic E-state index is 0.169. The molecule has 2 N–H and O–H groups in total. The third kappa shape index (κ3) is 3.48. The molecule has 0 unspecified atom stereocenters. The van der Waals surface area contributed by atoms with Gasteiger partial charge in [-0.15, -0.1) is 0 Å². The van der Waals surface area contributed by atoms with Gasteiger partial charge in [0.05, 0.1) is 6.61 Å². The van der Waals surface area contributed by atoms with Gasteiger partial charge in [-0.05, 0) is 24.7 Å². The maximum absolute atomic E-state index is 8.92. The van der Waals surface area contributed by atoms with Gasteiger partial charge in [0.15, 0.2) is 0 Å². The lowest BCUT2D eigenvalue weighted by Crippen LogP contribution is -2.23. The average molecular weight is 273 g/mol. The van der Waals surface area contributed by atoms with Crippen LogP contribution >= 0.6 is 15.9 Å². The smallest absolute Gasteiger partial charge is 0.0606 e. The topological polar surface area (TPSA) is 35.5 Å². The van der Waals surface area contributed by atoms with E-state index < -0.39 is 0 Å². The average Bonchev–Trinajstić information content (AvgIpc) is 2.21. The molecule has 1 aromatic rings. The second-order valence-corrected chi connectivity index (χ2v) is 4.36. The van der Waals surface area contributed by atoms with E-state index in [9.17, 15) is 0 Å². The molecule has 15 heavy (non-hydrogen) atoms. The van der Waals surface area contributed by atoms with Crippen molar-refractivity contribution in [2.75, 3.05) is 32.1 Å². The summed E-state index contributed by atoms with van der Waals surface area (Å²) < 4.78 is 1.06. The lowest BCUT2D eigenvalue weighted by Gasteiger charge is -2.21. The monoisotopic (exact) mass is 272 g/mol. The molecule has 0 aliphatic heterocycles. The van der Waals surface area contributed by atoms with Gasteiger partial charge in [-0.2, -0.15) is 0 Å². The normalized spacial score (nSPS) is 10.4. The summed E-state index contributed by atoms with van der Waals surface area (Å²) in [6, 6.07) is 6.19. The van der Waals surface area contributed by atoms with Crippen LogP contribution in [0.1, 0.15) is 5.56 Å². The Hall–Kier alpha value is -0.580. The fourth-order valence-electron chi connectivity index (χ4n) is 1.50.